The molecule has 0 aliphatic carbocycles. The lowest BCUT2D eigenvalue weighted by Crippen LogP contribution is -2.15. The highest BCUT2D eigenvalue weighted by molar-refractivity contribution is 7.99. The fourth-order valence-corrected chi connectivity index (χ4v) is 2.48. The van der Waals surface area contributed by atoms with Crippen molar-refractivity contribution >= 4 is 17.7 Å². The first-order valence-corrected chi connectivity index (χ1v) is 6.84. The van der Waals surface area contributed by atoms with E-state index in [-0.39, 0.29) is 5.75 Å². The molecule has 0 unspecified atom stereocenters. The van der Waals surface area contributed by atoms with E-state index in [0.29, 0.717) is 24.1 Å². The third-order valence-corrected chi connectivity index (χ3v) is 3.49. The van der Waals surface area contributed by atoms with Crippen LogP contribution in [-0.4, -0.2) is 38.2 Å². The SMILES string of the molecule is CCOC1=Nn2c(nnc2-c2ccc(O)cc2)SC1. The Hall–Kier alpha value is -2.02. The number of nitrogens with zero attached hydrogens (tertiary/aromatic N) is 4. The van der Waals surface area contributed by atoms with Gasteiger partial charge in [0.25, 0.3) is 0 Å². The second-order valence-corrected chi connectivity index (χ2v) is 4.82. The first kappa shape index (κ1) is 12.0. The molecule has 1 aromatic heterocycles. The number of rotatable bonds is 2. The monoisotopic (exact) mass is 276 g/mol. The van der Waals surface area contributed by atoms with Gasteiger partial charge in [0.15, 0.2) is 5.82 Å². The summed E-state index contributed by atoms with van der Waals surface area (Å²) >= 11 is 1.54. The summed E-state index contributed by atoms with van der Waals surface area (Å²) in [5, 5.41) is 22.7. The number of hydrogen-bond donors (Lipinski definition) is 1. The summed E-state index contributed by atoms with van der Waals surface area (Å²) in [6.07, 6.45) is 0. The summed E-state index contributed by atoms with van der Waals surface area (Å²) in [6.45, 7) is 2.52. The minimum atomic E-state index is 0.218. The van der Waals surface area contributed by atoms with Crippen molar-refractivity contribution in [1.29, 1.82) is 0 Å². The van der Waals surface area contributed by atoms with Gasteiger partial charge in [0, 0.05) is 5.56 Å². The van der Waals surface area contributed by atoms with Crippen LogP contribution < -0.4 is 0 Å². The molecule has 1 aromatic carbocycles. The Morgan fingerprint density at radius 3 is 2.84 bits per heavy atom. The third kappa shape index (κ3) is 2.28. The minimum Gasteiger partial charge on any atom is -0.508 e. The van der Waals surface area contributed by atoms with Crippen LogP contribution >= 0.6 is 11.8 Å². The van der Waals surface area contributed by atoms with Crippen LogP contribution in [0.25, 0.3) is 11.4 Å². The molecule has 0 bridgehead atoms. The zero-order chi connectivity index (χ0) is 13.2. The quantitative estimate of drug-likeness (QED) is 0.907. The lowest BCUT2D eigenvalue weighted by molar-refractivity contribution is 0.320. The zero-order valence-electron chi connectivity index (χ0n) is 10.3. The highest BCUT2D eigenvalue weighted by Gasteiger charge is 2.20. The number of ether oxygens (including phenoxy) is 1. The maximum atomic E-state index is 9.31. The molecule has 1 aliphatic heterocycles. The van der Waals surface area contributed by atoms with Crippen molar-refractivity contribution in [3.63, 3.8) is 0 Å². The van der Waals surface area contributed by atoms with Gasteiger partial charge in [0.1, 0.15) is 5.75 Å². The van der Waals surface area contributed by atoms with E-state index in [9.17, 15) is 5.11 Å². The summed E-state index contributed by atoms with van der Waals surface area (Å²) in [7, 11) is 0. The van der Waals surface area contributed by atoms with E-state index in [4.69, 9.17) is 4.74 Å². The Balaban J connectivity index is 2.02. The van der Waals surface area contributed by atoms with E-state index in [2.05, 4.69) is 15.3 Å². The topological polar surface area (TPSA) is 72.5 Å². The van der Waals surface area contributed by atoms with Crippen LogP contribution in [0.5, 0.6) is 5.75 Å². The molecule has 2 heterocycles. The van der Waals surface area contributed by atoms with Gasteiger partial charge in [0.05, 0.1) is 12.4 Å². The molecule has 6 nitrogen and oxygen atoms in total. The van der Waals surface area contributed by atoms with E-state index >= 15 is 0 Å². The van der Waals surface area contributed by atoms with Crippen LogP contribution in [0.15, 0.2) is 34.5 Å². The Kier molecular flexibility index (Phi) is 3.12. The number of benzene rings is 1. The molecular weight excluding hydrogens is 264 g/mol. The molecule has 1 N–H and O–H groups in total. The van der Waals surface area contributed by atoms with Gasteiger partial charge < -0.3 is 9.84 Å². The van der Waals surface area contributed by atoms with Gasteiger partial charge in [-0.3, -0.25) is 0 Å². The molecule has 0 radical (unpaired) electrons. The Bertz CT molecular complexity index is 621. The number of phenols is 1. The number of aromatic nitrogens is 3. The molecule has 98 valence electrons. The lowest BCUT2D eigenvalue weighted by atomic mass is 10.2. The average Bonchev–Trinajstić information content (AvgIpc) is 2.83. The third-order valence-electron chi connectivity index (χ3n) is 2.58. The number of thioether (sulfide) groups is 1. The average molecular weight is 276 g/mol. The zero-order valence-corrected chi connectivity index (χ0v) is 11.1. The van der Waals surface area contributed by atoms with Crippen molar-refractivity contribution in [3.05, 3.63) is 24.3 Å². The van der Waals surface area contributed by atoms with Crippen molar-refractivity contribution in [2.24, 2.45) is 5.10 Å². The van der Waals surface area contributed by atoms with E-state index in [1.54, 1.807) is 28.9 Å². The molecular formula is C12H12N4O2S. The second-order valence-electron chi connectivity index (χ2n) is 3.88. The van der Waals surface area contributed by atoms with Crippen molar-refractivity contribution in [2.45, 2.75) is 12.1 Å². The Morgan fingerprint density at radius 1 is 1.32 bits per heavy atom. The molecule has 2 aromatic rings. The first-order valence-electron chi connectivity index (χ1n) is 5.86. The summed E-state index contributed by atoms with van der Waals surface area (Å²) in [5.74, 6) is 2.19. The van der Waals surface area contributed by atoms with Crippen LogP contribution in [0.1, 0.15) is 6.92 Å². The number of hydrogen-bond acceptors (Lipinski definition) is 6. The highest BCUT2D eigenvalue weighted by atomic mass is 32.2. The predicted molar refractivity (Wildman–Crippen MR) is 72.3 cm³/mol. The molecule has 0 spiro atoms. The Morgan fingerprint density at radius 2 is 2.11 bits per heavy atom. The maximum Gasteiger partial charge on any atom is 0.217 e. The molecule has 0 amide bonds. The van der Waals surface area contributed by atoms with Crippen LogP contribution in [0.2, 0.25) is 0 Å². The Labute approximate surface area is 114 Å². The fourth-order valence-electron chi connectivity index (χ4n) is 1.74. The van der Waals surface area contributed by atoms with Crippen molar-refractivity contribution in [3.8, 4) is 17.1 Å². The maximum absolute atomic E-state index is 9.31. The van der Waals surface area contributed by atoms with Crippen molar-refractivity contribution in [1.82, 2.24) is 14.9 Å². The molecule has 0 atom stereocenters. The normalized spacial score (nSPS) is 13.8. The van der Waals surface area contributed by atoms with Gasteiger partial charge >= 0.3 is 0 Å². The first-order chi connectivity index (χ1) is 9.28. The molecule has 19 heavy (non-hydrogen) atoms. The van der Waals surface area contributed by atoms with Gasteiger partial charge in [-0.1, -0.05) is 11.8 Å². The highest BCUT2D eigenvalue weighted by Crippen LogP contribution is 2.27. The van der Waals surface area contributed by atoms with E-state index in [1.807, 2.05) is 6.92 Å². The van der Waals surface area contributed by atoms with Crippen LogP contribution in [0, 0.1) is 0 Å². The molecule has 0 saturated carbocycles. The van der Waals surface area contributed by atoms with Gasteiger partial charge in [-0.15, -0.1) is 15.3 Å². The lowest BCUT2D eigenvalue weighted by Gasteiger charge is -2.13. The standard InChI is InChI=1S/C12H12N4O2S/c1-2-18-10-7-19-12-14-13-11(16(12)15-10)8-3-5-9(17)6-4-8/h3-6,17H,2,7H2,1H3. The van der Waals surface area contributed by atoms with Crippen LogP contribution in [-0.2, 0) is 4.74 Å². The number of aromatic hydroxyl groups is 1. The molecule has 0 fully saturated rings. The fraction of sp³-hybridized carbons (Fsp3) is 0.250. The second kappa shape index (κ2) is 4.93. The smallest absolute Gasteiger partial charge is 0.217 e. The summed E-state index contributed by atoms with van der Waals surface area (Å²) < 4.78 is 7.10. The van der Waals surface area contributed by atoms with E-state index in [1.165, 1.54) is 11.8 Å². The molecule has 7 heteroatoms. The predicted octanol–water partition coefficient (Wildman–Crippen LogP) is 1.95. The summed E-state index contributed by atoms with van der Waals surface area (Å²) in [5.41, 5.74) is 0.846. The molecule has 3 rings (SSSR count). The molecule has 0 saturated heterocycles. The summed E-state index contributed by atoms with van der Waals surface area (Å²) in [6, 6.07) is 6.78. The van der Waals surface area contributed by atoms with Crippen LogP contribution in [0.4, 0.5) is 0 Å². The van der Waals surface area contributed by atoms with Gasteiger partial charge in [-0.05, 0) is 31.2 Å². The number of phenolic OH excluding ortho intramolecular Hbond substituents is 1. The van der Waals surface area contributed by atoms with Crippen LogP contribution in [0.3, 0.4) is 0 Å². The van der Waals surface area contributed by atoms with Crippen molar-refractivity contribution < 1.29 is 9.84 Å². The molecule has 1 aliphatic rings. The largest absolute Gasteiger partial charge is 0.508 e. The van der Waals surface area contributed by atoms with E-state index < -0.39 is 0 Å². The number of fused-ring (bicyclic) bond motifs is 1. The van der Waals surface area contributed by atoms with Gasteiger partial charge in [0.2, 0.25) is 11.1 Å². The van der Waals surface area contributed by atoms with Gasteiger partial charge in [-0.2, -0.15) is 4.68 Å². The van der Waals surface area contributed by atoms with Crippen molar-refractivity contribution in [2.75, 3.05) is 12.4 Å². The summed E-state index contributed by atoms with van der Waals surface area (Å²) in [4.78, 5) is 0. The minimum absolute atomic E-state index is 0.218. The van der Waals surface area contributed by atoms with Gasteiger partial charge in [-0.25, -0.2) is 0 Å². The van der Waals surface area contributed by atoms with E-state index in [0.717, 1.165) is 10.7 Å².